The van der Waals surface area contributed by atoms with Gasteiger partial charge in [0.15, 0.2) is 0 Å². The van der Waals surface area contributed by atoms with Gasteiger partial charge in [-0.3, -0.25) is 0 Å². The zero-order chi connectivity index (χ0) is 13.5. The van der Waals surface area contributed by atoms with Crippen LogP contribution in [0.25, 0.3) is 22.0 Å². The Labute approximate surface area is 119 Å². The smallest absolute Gasteiger partial charge is 0.0483 e. The SMILES string of the molecule is Cn1c2c(c3cc(-c4ccccc4)ccc31)CNCC2. The molecule has 0 spiro atoms. The predicted octanol–water partition coefficient (Wildman–Crippen LogP) is 3.49. The normalized spacial score (nSPS) is 14.4. The monoisotopic (exact) mass is 262 g/mol. The van der Waals surface area contributed by atoms with E-state index in [1.807, 2.05) is 0 Å². The molecule has 2 heteroatoms. The summed E-state index contributed by atoms with van der Waals surface area (Å²) in [6, 6.07) is 17.5. The Balaban J connectivity index is 1.95. The average molecular weight is 262 g/mol. The number of hydrogen-bond acceptors (Lipinski definition) is 1. The standard InChI is InChI=1S/C18H18N2/c1-20-17-8-7-14(13-5-3-2-4-6-13)11-15(17)16-12-19-10-9-18(16)20/h2-8,11,19H,9-10,12H2,1H3. The van der Waals surface area contributed by atoms with Gasteiger partial charge in [0.25, 0.3) is 0 Å². The molecule has 2 heterocycles. The largest absolute Gasteiger partial charge is 0.347 e. The highest BCUT2D eigenvalue weighted by Crippen LogP contribution is 2.31. The van der Waals surface area contributed by atoms with Crippen LogP contribution in [0.15, 0.2) is 48.5 Å². The molecule has 0 amide bonds. The van der Waals surface area contributed by atoms with E-state index in [-0.39, 0.29) is 0 Å². The van der Waals surface area contributed by atoms with Crippen LogP contribution in [-0.2, 0) is 20.0 Å². The van der Waals surface area contributed by atoms with Crippen molar-refractivity contribution in [3.8, 4) is 11.1 Å². The second-order valence-electron chi connectivity index (χ2n) is 5.51. The van der Waals surface area contributed by atoms with Gasteiger partial charge < -0.3 is 9.88 Å². The van der Waals surface area contributed by atoms with E-state index < -0.39 is 0 Å². The van der Waals surface area contributed by atoms with E-state index in [2.05, 4.69) is 65.5 Å². The highest BCUT2D eigenvalue weighted by atomic mass is 15.0. The Morgan fingerprint density at radius 1 is 1.00 bits per heavy atom. The van der Waals surface area contributed by atoms with Crippen molar-refractivity contribution in [2.24, 2.45) is 7.05 Å². The molecule has 4 rings (SSSR count). The van der Waals surface area contributed by atoms with E-state index in [1.165, 1.54) is 33.3 Å². The minimum atomic E-state index is 0.991. The van der Waals surface area contributed by atoms with Gasteiger partial charge in [0.1, 0.15) is 0 Å². The van der Waals surface area contributed by atoms with Gasteiger partial charge >= 0.3 is 0 Å². The van der Waals surface area contributed by atoms with Crippen LogP contribution in [0, 0.1) is 0 Å². The van der Waals surface area contributed by atoms with E-state index in [4.69, 9.17) is 0 Å². The van der Waals surface area contributed by atoms with Crippen LogP contribution in [0.5, 0.6) is 0 Å². The lowest BCUT2D eigenvalue weighted by molar-refractivity contribution is 0.622. The molecule has 20 heavy (non-hydrogen) atoms. The van der Waals surface area contributed by atoms with Crippen LogP contribution in [0.2, 0.25) is 0 Å². The van der Waals surface area contributed by atoms with Gasteiger partial charge in [-0.1, -0.05) is 36.4 Å². The van der Waals surface area contributed by atoms with Crippen LogP contribution < -0.4 is 5.32 Å². The lowest BCUT2D eigenvalue weighted by Gasteiger charge is -2.14. The van der Waals surface area contributed by atoms with Crippen molar-refractivity contribution in [1.29, 1.82) is 0 Å². The first kappa shape index (κ1) is 11.7. The fraction of sp³-hybridized carbons (Fsp3) is 0.222. The van der Waals surface area contributed by atoms with Crippen LogP contribution in [0.3, 0.4) is 0 Å². The van der Waals surface area contributed by atoms with E-state index in [0.717, 1.165) is 19.5 Å². The molecule has 1 aliphatic heterocycles. The second-order valence-corrected chi connectivity index (χ2v) is 5.51. The molecular weight excluding hydrogens is 244 g/mol. The number of benzene rings is 2. The molecular formula is C18H18N2. The maximum Gasteiger partial charge on any atom is 0.0483 e. The summed E-state index contributed by atoms with van der Waals surface area (Å²) in [5, 5.41) is 4.89. The second kappa shape index (κ2) is 4.50. The first-order chi connectivity index (χ1) is 9.84. The minimum absolute atomic E-state index is 0.991. The molecule has 0 aliphatic carbocycles. The number of rotatable bonds is 1. The zero-order valence-electron chi connectivity index (χ0n) is 11.7. The van der Waals surface area contributed by atoms with Crippen molar-refractivity contribution < 1.29 is 0 Å². The molecule has 0 atom stereocenters. The summed E-state index contributed by atoms with van der Waals surface area (Å²) in [6.45, 7) is 2.08. The van der Waals surface area contributed by atoms with Crippen LogP contribution in [-0.4, -0.2) is 11.1 Å². The topological polar surface area (TPSA) is 17.0 Å². The van der Waals surface area contributed by atoms with Crippen LogP contribution >= 0.6 is 0 Å². The van der Waals surface area contributed by atoms with Gasteiger partial charge in [-0.15, -0.1) is 0 Å². The number of fused-ring (bicyclic) bond motifs is 3. The van der Waals surface area contributed by atoms with Crippen molar-refractivity contribution in [2.45, 2.75) is 13.0 Å². The molecule has 100 valence electrons. The molecule has 1 aliphatic rings. The summed E-state index contributed by atoms with van der Waals surface area (Å²) < 4.78 is 2.36. The summed E-state index contributed by atoms with van der Waals surface area (Å²) >= 11 is 0. The summed E-state index contributed by atoms with van der Waals surface area (Å²) in [5.74, 6) is 0. The summed E-state index contributed by atoms with van der Waals surface area (Å²) in [4.78, 5) is 0. The maximum absolute atomic E-state index is 3.49. The Morgan fingerprint density at radius 2 is 1.85 bits per heavy atom. The quantitative estimate of drug-likeness (QED) is 0.710. The summed E-state index contributed by atoms with van der Waals surface area (Å²) in [7, 11) is 2.19. The fourth-order valence-electron chi connectivity index (χ4n) is 3.32. The highest BCUT2D eigenvalue weighted by molar-refractivity contribution is 5.90. The Morgan fingerprint density at radius 3 is 2.70 bits per heavy atom. The van der Waals surface area contributed by atoms with E-state index >= 15 is 0 Å². The van der Waals surface area contributed by atoms with Gasteiger partial charge in [-0.05, 0) is 28.8 Å². The van der Waals surface area contributed by atoms with E-state index in [1.54, 1.807) is 0 Å². The number of hydrogen-bond donors (Lipinski definition) is 1. The van der Waals surface area contributed by atoms with Crippen molar-refractivity contribution in [2.75, 3.05) is 6.54 Å². The number of aryl methyl sites for hydroxylation is 1. The lowest BCUT2D eigenvalue weighted by atomic mass is 10.0. The van der Waals surface area contributed by atoms with Crippen molar-refractivity contribution in [1.82, 2.24) is 9.88 Å². The fourth-order valence-corrected chi connectivity index (χ4v) is 3.32. The zero-order valence-corrected chi connectivity index (χ0v) is 11.7. The molecule has 1 aromatic heterocycles. The Hall–Kier alpha value is -2.06. The molecule has 0 saturated carbocycles. The first-order valence-electron chi connectivity index (χ1n) is 7.21. The molecule has 2 nitrogen and oxygen atoms in total. The van der Waals surface area contributed by atoms with Crippen molar-refractivity contribution in [3.63, 3.8) is 0 Å². The third kappa shape index (κ3) is 1.69. The summed E-state index contributed by atoms with van der Waals surface area (Å²) in [5.41, 5.74) is 6.90. The number of nitrogens with one attached hydrogen (secondary N) is 1. The van der Waals surface area contributed by atoms with Crippen molar-refractivity contribution in [3.05, 3.63) is 59.8 Å². The number of nitrogens with zero attached hydrogens (tertiary/aromatic N) is 1. The Kier molecular flexibility index (Phi) is 2.64. The molecule has 2 aromatic carbocycles. The van der Waals surface area contributed by atoms with E-state index in [0.29, 0.717) is 0 Å². The number of aromatic nitrogens is 1. The lowest BCUT2D eigenvalue weighted by Crippen LogP contribution is -2.24. The van der Waals surface area contributed by atoms with Gasteiger partial charge in [0, 0.05) is 43.2 Å². The van der Waals surface area contributed by atoms with Crippen LogP contribution in [0.1, 0.15) is 11.3 Å². The molecule has 0 saturated heterocycles. The highest BCUT2D eigenvalue weighted by Gasteiger charge is 2.18. The van der Waals surface area contributed by atoms with Crippen LogP contribution in [0.4, 0.5) is 0 Å². The molecule has 3 aromatic rings. The maximum atomic E-state index is 3.49. The Bertz CT molecular complexity index is 769. The third-order valence-electron chi connectivity index (χ3n) is 4.38. The summed E-state index contributed by atoms with van der Waals surface area (Å²) in [6.07, 6.45) is 1.13. The minimum Gasteiger partial charge on any atom is -0.347 e. The van der Waals surface area contributed by atoms with Gasteiger partial charge in [-0.25, -0.2) is 0 Å². The predicted molar refractivity (Wildman–Crippen MR) is 83.8 cm³/mol. The van der Waals surface area contributed by atoms with Gasteiger partial charge in [0.2, 0.25) is 0 Å². The third-order valence-corrected chi connectivity index (χ3v) is 4.38. The van der Waals surface area contributed by atoms with Gasteiger partial charge in [0.05, 0.1) is 0 Å². The average Bonchev–Trinajstić information content (AvgIpc) is 2.81. The molecule has 0 radical (unpaired) electrons. The van der Waals surface area contributed by atoms with Crippen molar-refractivity contribution >= 4 is 10.9 Å². The molecule has 0 bridgehead atoms. The first-order valence-corrected chi connectivity index (χ1v) is 7.21. The molecule has 1 N–H and O–H groups in total. The van der Waals surface area contributed by atoms with Gasteiger partial charge in [-0.2, -0.15) is 0 Å². The molecule has 0 unspecified atom stereocenters. The molecule has 0 fully saturated rings. The van der Waals surface area contributed by atoms with E-state index in [9.17, 15) is 0 Å².